The van der Waals surface area contributed by atoms with Crippen LogP contribution in [0.2, 0.25) is 0 Å². The van der Waals surface area contributed by atoms with Crippen LogP contribution in [0.25, 0.3) is 5.57 Å². The summed E-state index contributed by atoms with van der Waals surface area (Å²) in [4.78, 5) is 26.4. The zero-order valence-electron chi connectivity index (χ0n) is 13.5. The van der Waals surface area contributed by atoms with Crippen LogP contribution < -0.4 is 0 Å². The summed E-state index contributed by atoms with van der Waals surface area (Å²) in [5.41, 5.74) is 2.47. The van der Waals surface area contributed by atoms with Gasteiger partial charge in [-0.15, -0.1) is 0 Å². The molecule has 0 aromatic heterocycles. The van der Waals surface area contributed by atoms with Crippen LogP contribution in [0.1, 0.15) is 18.4 Å². The van der Waals surface area contributed by atoms with Crippen LogP contribution in [0.5, 0.6) is 0 Å². The maximum absolute atomic E-state index is 12.9. The largest absolute Gasteiger partial charge is 0.481 e. The van der Waals surface area contributed by atoms with Crippen LogP contribution in [0.15, 0.2) is 48.6 Å². The second kappa shape index (κ2) is 5.93. The number of carbonyl (C=O) groups is 2. The van der Waals surface area contributed by atoms with E-state index in [1.54, 1.807) is 0 Å². The van der Waals surface area contributed by atoms with Gasteiger partial charge in [0.05, 0.1) is 11.8 Å². The summed E-state index contributed by atoms with van der Waals surface area (Å²) in [5, 5.41) is 9.53. The van der Waals surface area contributed by atoms with Crippen LogP contribution in [0.3, 0.4) is 0 Å². The lowest BCUT2D eigenvalue weighted by Crippen LogP contribution is -2.44. The molecule has 4 rings (SSSR count). The molecule has 2 bridgehead atoms. The van der Waals surface area contributed by atoms with Gasteiger partial charge < -0.3 is 10.0 Å². The lowest BCUT2D eigenvalue weighted by atomic mass is 9.82. The number of allylic oxidation sites excluding steroid dienone is 2. The molecule has 3 aliphatic rings. The lowest BCUT2D eigenvalue weighted by Gasteiger charge is -2.33. The van der Waals surface area contributed by atoms with Crippen molar-refractivity contribution in [1.82, 2.24) is 4.90 Å². The maximum atomic E-state index is 12.9. The predicted octanol–water partition coefficient (Wildman–Crippen LogP) is 2.83. The molecule has 24 heavy (non-hydrogen) atoms. The van der Waals surface area contributed by atoms with E-state index in [0.29, 0.717) is 13.1 Å². The van der Waals surface area contributed by atoms with Crippen molar-refractivity contribution in [3.8, 4) is 0 Å². The molecule has 0 spiro atoms. The first-order chi connectivity index (χ1) is 11.6. The van der Waals surface area contributed by atoms with Crippen molar-refractivity contribution in [2.75, 3.05) is 13.1 Å². The summed E-state index contributed by atoms with van der Waals surface area (Å²) >= 11 is 0. The van der Waals surface area contributed by atoms with Gasteiger partial charge in [-0.3, -0.25) is 9.59 Å². The Kier molecular flexibility index (Phi) is 3.75. The number of nitrogens with zero attached hydrogens (tertiary/aromatic N) is 1. The minimum Gasteiger partial charge on any atom is -0.481 e. The van der Waals surface area contributed by atoms with Gasteiger partial charge >= 0.3 is 5.97 Å². The number of benzene rings is 1. The van der Waals surface area contributed by atoms with E-state index in [-0.39, 0.29) is 23.7 Å². The van der Waals surface area contributed by atoms with Gasteiger partial charge in [0.25, 0.3) is 0 Å². The van der Waals surface area contributed by atoms with E-state index in [0.717, 1.165) is 12.8 Å². The van der Waals surface area contributed by atoms with Crippen molar-refractivity contribution in [2.24, 2.45) is 23.7 Å². The second-order valence-corrected chi connectivity index (χ2v) is 6.97. The van der Waals surface area contributed by atoms with Crippen molar-refractivity contribution in [3.05, 3.63) is 54.1 Å². The number of amides is 1. The molecule has 1 amide bonds. The van der Waals surface area contributed by atoms with Gasteiger partial charge in [-0.2, -0.15) is 0 Å². The van der Waals surface area contributed by atoms with E-state index < -0.39 is 11.9 Å². The molecule has 1 saturated carbocycles. The van der Waals surface area contributed by atoms with E-state index in [9.17, 15) is 14.7 Å². The van der Waals surface area contributed by atoms with Crippen molar-refractivity contribution in [3.63, 3.8) is 0 Å². The van der Waals surface area contributed by atoms with Gasteiger partial charge in [0.2, 0.25) is 5.91 Å². The normalized spacial score (nSPS) is 31.2. The number of rotatable bonds is 3. The number of carboxylic acid groups (broad SMARTS) is 1. The molecule has 1 fully saturated rings. The zero-order valence-corrected chi connectivity index (χ0v) is 13.5. The molecule has 4 atom stereocenters. The SMILES string of the molecule is O=C(O)C1C2C=CC(C2)C1C(=O)N1CC=C(c2ccccc2)CC1. The Balaban J connectivity index is 1.50. The fourth-order valence-electron chi connectivity index (χ4n) is 4.49. The smallest absolute Gasteiger partial charge is 0.307 e. The molecule has 4 unspecified atom stereocenters. The number of hydrogen-bond donors (Lipinski definition) is 1. The fourth-order valence-corrected chi connectivity index (χ4v) is 4.49. The Bertz CT molecular complexity index is 722. The molecule has 1 aromatic carbocycles. The van der Waals surface area contributed by atoms with E-state index in [1.807, 2.05) is 35.3 Å². The molecule has 4 nitrogen and oxygen atoms in total. The highest BCUT2D eigenvalue weighted by molar-refractivity contribution is 5.87. The monoisotopic (exact) mass is 323 g/mol. The molecule has 4 heteroatoms. The molecule has 2 aliphatic carbocycles. The molecular formula is C20H21NO3. The summed E-state index contributed by atoms with van der Waals surface area (Å²) in [5.74, 6) is -1.62. The first-order valence-corrected chi connectivity index (χ1v) is 8.59. The molecule has 1 aromatic rings. The zero-order chi connectivity index (χ0) is 16.7. The number of carbonyl (C=O) groups excluding carboxylic acids is 1. The predicted molar refractivity (Wildman–Crippen MR) is 91.0 cm³/mol. The third-order valence-corrected chi connectivity index (χ3v) is 5.69. The molecule has 124 valence electrons. The molecule has 1 aliphatic heterocycles. The summed E-state index contributed by atoms with van der Waals surface area (Å²) in [6.07, 6.45) is 7.77. The van der Waals surface area contributed by atoms with Gasteiger partial charge in [0.15, 0.2) is 0 Å². The van der Waals surface area contributed by atoms with Crippen molar-refractivity contribution in [2.45, 2.75) is 12.8 Å². The average Bonchev–Trinajstić information content (AvgIpc) is 3.23. The van der Waals surface area contributed by atoms with Crippen LogP contribution in [-0.2, 0) is 9.59 Å². The first kappa shape index (κ1) is 15.2. The summed E-state index contributed by atoms with van der Waals surface area (Å²) in [7, 11) is 0. The Morgan fingerprint density at radius 1 is 1.04 bits per heavy atom. The molecule has 0 radical (unpaired) electrons. The number of hydrogen-bond acceptors (Lipinski definition) is 2. The van der Waals surface area contributed by atoms with Crippen LogP contribution in [-0.4, -0.2) is 35.0 Å². The minimum absolute atomic E-state index is 0.0163. The van der Waals surface area contributed by atoms with Crippen molar-refractivity contribution >= 4 is 17.4 Å². The number of fused-ring (bicyclic) bond motifs is 2. The quantitative estimate of drug-likeness (QED) is 0.870. The Morgan fingerprint density at radius 3 is 2.38 bits per heavy atom. The minimum atomic E-state index is -0.831. The van der Waals surface area contributed by atoms with Gasteiger partial charge in [-0.05, 0) is 35.8 Å². The third-order valence-electron chi connectivity index (χ3n) is 5.69. The summed E-state index contributed by atoms with van der Waals surface area (Å²) in [6.45, 7) is 1.25. The Hall–Kier alpha value is -2.36. The third kappa shape index (κ3) is 2.46. The van der Waals surface area contributed by atoms with E-state index in [2.05, 4.69) is 18.2 Å². The van der Waals surface area contributed by atoms with Crippen LogP contribution in [0, 0.1) is 23.7 Å². The van der Waals surface area contributed by atoms with E-state index >= 15 is 0 Å². The van der Waals surface area contributed by atoms with Crippen molar-refractivity contribution in [1.29, 1.82) is 0 Å². The van der Waals surface area contributed by atoms with Gasteiger partial charge in [0, 0.05) is 13.1 Å². The summed E-state index contributed by atoms with van der Waals surface area (Å²) in [6, 6.07) is 10.2. The van der Waals surface area contributed by atoms with Gasteiger partial charge in [-0.25, -0.2) is 0 Å². The molecule has 1 heterocycles. The van der Waals surface area contributed by atoms with Gasteiger partial charge in [-0.1, -0.05) is 48.6 Å². The lowest BCUT2D eigenvalue weighted by molar-refractivity contribution is -0.150. The van der Waals surface area contributed by atoms with E-state index in [4.69, 9.17) is 0 Å². The Morgan fingerprint density at radius 2 is 1.75 bits per heavy atom. The van der Waals surface area contributed by atoms with Crippen molar-refractivity contribution < 1.29 is 14.7 Å². The molecular weight excluding hydrogens is 302 g/mol. The molecule has 0 saturated heterocycles. The number of aliphatic carboxylic acids is 1. The first-order valence-electron chi connectivity index (χ1n) is 8.59. The highest BCUT2D eigenvalue weighted by Crippen LogP contribution is 2.49. The Labute approximate surface area is 141 Å². The van der Waals surface area contributed by atoms with E-state index in [1.165, 1.54) is 11.1 Å². The standard InChI is InChI=1S/C20H21NO3/c22-19(17-15-6-7-16(12-15)18(17)20(23)24)21-10-8-14(9-11-21)13-4-2-1-3-5-13/h1-8,15-18H,9-12H2,(H,23,24). The summed E-state index contributed by atoms with van der Waals surface area (Å²) < 4.78 is 0. The topological polar surface area (TPSA) is 57.6 Å². The number of carboxylic acids is 1. The van der Waals surface area contributed by atoms with Crippen LogP contribution in [0.4, 0.5) is 0 Å². The van der Waals surface area contributed by atoms with Gasteiger partial charge in [0.1, 0.15) is 0 Å². The average molecular weight is 323 g/mol. The highest BCUT2D eigenvalue weighted by atomic mass is 16.4. The maximum Gasteiger partial charge on any atom is 0.307 e. The molecule has 1 N–H and O–H groups in total. The second-order valence-electron chi connectivity index (χ2n) is 6.97. The fraction of sp³-hybridized carbons (Fsp3) is 0.400. The van der Waals surface area contributed by atoms with Crippen LogP contribution >= 0.6 is 0 Å². The highest BCUT2D eigenvalue weighted by Gasteiger charge is 2.52.